The molecule has 90 valence electrons. The third-order valence-corrected chi connectivity index (χ3v) is 3.74. The van der Waals surface area contributed by atoms with Gasteiger partial charge in [0.2, 0.25) is 0 Å². The van der Waals surface area contributed by atoms with Crippen LogP contribution in [0, 0.1) is 0 Å². The van der Waals surface area contributed by atoms with Crippen molar-refractivity contribution in [1.82, 2.24) is 9.80 Å². The molecule has 3 nitrogen and oxygen atoms in total. The second-order valence-corrected chi connectivity index (χ2v) is 4.92. The van der Waals surface area contributed by atoms with Crippen LogP contribution in [0.25, 0.3) is 0 Å². The van der Waals surface area contributed by atoms with Crippen LogP contribution in [0.1, 0.15) is 33.1 Å². The molecule has 3 heteroatoms. The van der Waals surface area contributed by atoms with E-state index >= 15 is 0 Å². The zero-order chi connectivity index (χ0) is 11.3. The Morgan fingerprint density at radius 3 is 2.53 bits per heavy atom. The molecule has 0 aliphatic carbocycles. The summed E-state index contributed by atoms with van der Waals surface area (Å²) < 4.78 is 0. The average molecular weight is 213 g/mol. The van der Waals surface area contributed by atoms with E-state index in [1.807, 2.05) is 0 Å². The van der Waals surface area contributed by atoms with E-state index in [1.165, 1.54) is 45.4 Å². The fraction of sp³-hybridized carbons (Fsp3) is 1.00. The second kappa shape index (κ2) is 6.46. The highest BCUT2D eigenvalue weighted by Crippen LogP contribution is 2.08. The van der Waals surface area contributed by atoms with Crippen molar-refractivity contribution in [2.75, 3.05) is 33.2 Å². The number of nitrogens with zero attached hydrogens (tertiary/aromatic N) is 2. The van der Waals surface area contributed by atoms with E-state index < -0.39 is 0 Å². The highest BCUT2D eigenvalue weighted by molar-refractivity contribution is 4.75. The highest BCUT2D eigenvalue weighted by Gasteiger charge is 2.16. The zero-order valence-corrected chi connectivity index (χ0v) is 10.6. The molecule has 15 heavy (non-hydrogen) atoms. The lowest BCUT2D eigenvalue weighted by molar-refractivity contribution is 0.167. The van der Waals surface area contributed by atoms with Gasteiger partial charge in [0.15, 0.2) is 0 Å². The second-order valence-electron chi connectivity index (χ2n) is 4.92. The average Bonchev–Trinajstić information content (AvgIpc) is 2.26. The van der Waals surface area contributed by atoms with Gasteiger partial charge in [-0.3, -0.25) is 0 Å². The Kier molecular flexibility index (Phi) is 5.58. The van der Waals surface area contributed by atoms with Gasteiger partial charge < -0.3 is 15.5 Å². The Bertz CT molecular complexity index is 164. The first-order valence-electron chi connectivity index (χ1n) is 6.31. The summed E-state index contributed by atoms with van der Waals surface area (Å²) in [5, 5.41) is 0. The predicted molar refractivity (Wildman–Crippen MR) is 66.0 cm³/mol. The van der Waals surface area contributed by atoms with E-state index in [1.54, 1.807) is 0 Å². The molecule has 0 aromatic carbocycles. The molecule has 0 aromatic rings. The highest BCUT2D eigenvalue weighted by atomic mass is 15.2. The molecule has 0 spiro atoms. The van der Waals surface area contributed by atoms with Crippen molar-refractivity contribution in [3.05, 3.63) is 0 Å². The number of piperidine rings is 1. The van der Waals surface area contributed by atoms with Gasteiger partial charge in [0, 0.05) is 25.2 Å². The normalized spacial score (nSPS) is 22.2. The molecule has 1 aliphatic rings. The van der Waals surface area contributed by atoms with Crippen molar-refractivity contribution < 1.29 is 0 Å². The maximum Gasteiger partial charge on any atom is 0.0109 e. The first-order valence-corrected chi connectivity index (χ1v) is 6.31. The van der Waals surface area contributed by atoms with Crippen LogP contribution in [0.5, 0.6) is 0 Å². The lowest BCUT2D eigenvalue weighted by Crippen LogP contribution is -2.43. The monoisotopic (exact) mass is 213 g/mol. The van der Waals surface area contributed by atoms with Gasteiger partial charge in [-0.2, -0.15) is 0 Å². The molecule has 2 N–H and O–H groups in total. The maximum atomic E-state index is 5.89. The molecule has 1 unspecified atom stereocenters. The minimum absolute atomic E-state index is 0.452. The first kappa shape index (κ1) is 12.9. The molecule has 0 saturated carbocycles. The molecule has 1 rings (SSSR count). The van der Waals surface area contributed by atoms with E-state index in [2.05, 4.69) is 30.7 Å². The Morgan fingerprint density at radius 2 is 2.00 bits per heavy atom. The molecule has 1 heterocycles. The molecular weight excluding hydrogens is 186 g/mol. The molecule has 1 fully saturated rings. The number of rotatable bonds is 5. The van der Waals surface area contributed by atoms with E-state index in [0.29, 0.717) is 12.1 Å². The fourth-order valence-electron chi connectivity index (χ4n) is 2.01. The van der Waals surface area contributed by atoms with Crippen molar-refractivity contribution in [2.24, 2.45) is 5.73 Å². The summed E-state index contributed by atoms with van der Waals surface area (Å²) in [4.78, 5) is 5.00. The van der Waals surface area contributed by atoms with Crippen molar-refractivity contribution in [1.29, 1.82) is 0 Å². The number of likely N-dealkylation sites (tertiary alicyclic amines) is 1. The standard InChI is InChI=1S/C12H27N3/c1-4-11(2)14(3)9-10-15-7-5-12(13)6-8-15/h11-12H,4-10,13H2,1-3H3. The van der Waals surface area contributed by atoms with Crippen LogP contribution in [0.15, 0.2) is 0 Å². The molecule has 1 saturated heterocycles. The number of hydrogen-bond donors (Lipinski definition) is 1. The molecule has 1 atom stereocenters. The number of hydrogen-bond acceptors (Lipinski definition) is 3. The third kappa shape index (κ3) is 4.49. The van der Waals surface area contributed by atoms with Crippen molar-refractivity contribution in [3.63, 3.8) is 0 Å². The lowest BCUT2D eigenvalue weighted by atomic mass is 10.1. The van der Waals surface area contributed by atoms with Crippen LogP contribution in [-0.2, 0) is 0 Å². The number of nitrogens with two attached hydrogens (primary N) is 1. The molecule has 0 aromatic heterocycles. The minimum Gasteiger partial charge on any atom is -0.328 e. The third-order valence-electron chi connectivity index (χ3n) is 3.74. The number of likely N-dealkylation sites (N-methyl/N-ethyl adjacent to an activating group) is 1. The van der Waals surface area contributed by atoms with Gasteiger partial charge in [-0.1, -0.05) is 6.92 Å². The van der Waals surface area contributed by atoms with E-state index in [4.69, 9.17) is 5.73 Å². The maximum absolute atomic E-state index is 5.89. The Morgan fingerprint density at radius 1 is 1.40 bits per heavy atom. The van der Waals surface area contributed by atoms with Gasteiger partial charge in [0.05, 0.1) is 0 Å². The van der Waals surface area contributed by atoms with Gasteiger partial charge in [0.25, 0.3) is 0 Å². The molecule has 1 aliphatic heterocycles. The quantitative estimate of drug-likeness (QED) is 0.743. The van der Waals surface area contributed by atoms with Crippen molar-refractivity contribution >= 4 is 0 Å². The van der Waals surface area contributed by atoms with Crippen LogP contribution in [0.2, 0.25) is 0 Å². The topological polar surface area (TPSA) is 32.5 Å². The van der Waals surface area contributed by atoms with Crippen LogP contribution < -0.4 is 5.73 Å². The largest absolute Gasteiger partial charge is 0.328 e. The van der Waals surface area contributed by atoms with Crippen LogP contribution >= 0.6 is 0 Å². The lowest BCUT2D eigenvalue weighted by Gasteiger charge is -2.32. The van der Waals surface area contributed by atoms with Crippen LogP contribution in [-0.4, -0.2) is 55.1 Å². The summed E-state index contributed by atoms with van der Waals surface area (Å²) in [6.45, 7) is 9.32. The van der Waals surface area contributed by atoms with E-state index in [0.717, 1.165) is 0 Å². The van der Waals surface area contributed by atoms with Gasteiger partial charge in [0.1, 0.15) is 0 Å². The summed E-state index contributed by atoms with van der Waals surface area (Å²) in [6.07, 6.45) is 3.58. The predicted octanol–water partition coefficient (Wildman–Crippen LogP) is 1.14. The van der Waals surface area contributed by atoms with E-state index in [9.17, 15) is 0 Å². The minimum atomic E-state index is 0.452. The fourth-order valence-corrected chi connectivity index (χ4v) is 2.01. The molecular formula is C12H27N3. The Hall–Kier alpha value is -0.120. The van der Waals surface area contributed by atoms with Gasteiger partial charge in [-0.15, -0.1) is 0 Å². The van der Waals surface area contributed by atoms with Gasteiger partial charge in [-0.05, 0) is 46.3 Å². The summed E-state index contributed by atoms with van der Waals surface area (Å²) in [7, 11) is 2.23. The SMILES string of the molecule is CCC(C)N(C)CCN1CCC(N)CC1. The zero-order valence-electron chi connectivity index (χ0n) is 10.6. The Labute approximate surface area is 94.6 Å². The van der Waals surface area contributed by atoms with Crippen molar-refractivity contribution in [3.8, 4) is 0 Å². The smallest absolute Gasteiger partial charge is 0.0109 e. The molecule has 0 bridgehead atoms. The van der Waals surface area contributed by atoms with E-state index in [-0.39, 0.29) is 0 Å². The summed E-state index contributed by atoms with van der Waals surface area (Å²) in [6, 6.07) is 1.16. The first-order chi connectivity index (χ1) is 7.13. The van der Waals surface area contributed by atoms with Crippen LogP contribution in [0.4, 0.5) is 0 Å². The molecule has 0 radical (unpaired) electrons. The Balaban J connectivity index is 2.14. The molecule has 0 amide bonds. The van der Waals surface area contributed by atoms with Crippen LogP contribution in [0.3, 0.4) is 0 Å². The van der Waals surface area contributed by atoms with Crippen molar-refractivity contribution in [2.45, 2.75) is 45.2 Å². The summed E-state index contributed by atoms with van der Waals surface area (Å²) in [5.74, 6) is 0. The van der Waals surface area contributed by atoms with Gasteiger partial charge in [-0.25, -0.2) is 0 Å². The summed E-state index contributed by atoms with van der Waals surface area (Å²) in [5.41, 5.74) is 5.89. The van der Waals surface area contributed by atoms with Gasteiger partial charge >= 0.3 is 0 Å². The summed E-state index contributed by atoms with van der Waals surface area (Å²) >= 11 is 0.